The van der Waals surface area contributed by atoms with Crippen molar-refractivity contribution in [2.24, 2.45) is 40.4 Å². The van der Waals surface area contributed by atoms with Crippen LogP contribution >= 0.6 is 0 Å². The van der Waals surface area contributed by atoms with Crippen LogP contribution in [0.2, 0.25) is 0 Å². The number of aliphatic hydroxyl groups excluding tert-OH is 2. The predicted molar refractivity (Wildman–Crippen MR) is 122 cm³/mol. The van der Waals surface area contributed by atoms with Gasteiger partial charge in [0.1, 0.15) is 0 Å². The Bertz CT molecular complexity index is 664. The van der Waals surface area contributed by atoms with Gasteiger partial charge in [-0.3, -0.25) is 0 Å². The molecule has 3 fully saturated rings. The number of fused-ring (bicyclic) bond motifs is 5. The lowest BCUT2D eigenvalue weighted by Crippen LogP contribution is -2.55. The molecule has 1 unspecified atom stereocenters. The summed E-state index contributed by atoms with van der Waals surface area (Å²) in [4.78, 5) is 0. The van der Waals surface area contributed by atoms with Gasteiger partial charge in [0, 0.05) is 11.8 Å². The first-order chi connectivity index (χ1) is 14.0. The Morgan fingerprint density at radius 3 is 2.57 bits per heavy atom. The van der Waals surface area contributed by atoms with Crippen LogP contribution < -0.4 is 0 Å². The molecule has 3 N–H and O–H groups in total. The molecule has 0 saturated heterocycles. The van der Waals surface area contributed by atoms with E-state index in [0.717, 1.165) is 43.4 Å². The van der Waals surface area contributed by atoms with Gasteiger partial charge in [-0.2, -0.15) is 0 Å². The second-order valence-corrected chi connectivity index (χ2v) is 12.6. The van der Waals surface area contributed by atoms with Crippen LogP contribution in [0.1, 0.15) is 98.8 Å². The minimum absolute atomic E-state index is 0.125. The lowest BCUT2D eigenvalue weighted by atomic mass is 9.46. The lowest BCUT2D eigenvalue weighted by molar-refractivity contribution is -0.108. The molecule has 172 valence electrons. The Labute approximate surface area is 184 Å². The molecule has 3 saturated carbocycles. The fourth-order valence-corrected chi connectivity index (χ4v) is 8.73. The first-order valence-corrected chi connectivity index (χ1v) is 12.7. The Kier molecular flexibility index (Phi) is 5.99. The van der Waals surface area contributed by atoms with E-state index in [1.807, 2.05) is 13.8 Å². The fourth-order valence-electron chi connectivity index (χ4n) is 8.73. The van der Waals surface area contributed by atoms with Gasteiger partial charge in [0.15, 0.2) is 0 Å². The highest BCUT2D eigenvalue weighted by atomic mass is 16.3. The number of hydrogen-bond donors (Lipinski definition) is 3. The van der Waals surface area contributed by atoms with Crippen molar-refractivity contribution in [2.75, 3.05) is 0 Å². The third kappa shape index (κ3) is 3.71. The molecule has 0 amide bonds. The van der Waals surface area contributed by atoms with Crippen molar-refractivity contribution < 1.29 is 15.3 Å². The highest BCUT2D eigenvalue weighted by molar-refractivity contribution is 5.27. The lowest BCUT2D eigenvalue weighted by Gasteiger charge is -2.59. The molecule has 3 nitrogen and oxygen atoms in total. The van der Waals surface area contributed by atoms with Gasteiger partial charge < -0.3 is 15.3 Å². The summed E-state index contributed by atoms with van der Waals surface area (Å²) in [5.74, 6) is 3.55. The Morgan fingerprint density at radius 1 is 1.13 bits per heavy atom. The fraction of sp³-hybridized carbons (Fsp3) is 0.926. The average molecular weight is 419 g/mol. The highest BCUT2D eigenvalue weighted by Crippen LogP contribution is 2.67. The van der Waals surface area contributed by atoms with Crippen molar-refractivity contribution in [2.45, 2.75) is 117 Å². The largest absolute Gasteiger partial charge is 0.393 e. The second kappa shape index (κ2) is 7.89. The zero-order chi connectivity index (χ0) is 21.9. The number of hydrogen-bond acceptors (Lipinski definition) is 3. The van der Waals surface area contributed by atoms with Gasteiger partial charge in [0.2, 0.25) is 0 Å². The summed E-state index contributed by atoms with van der Waals surface area (Å²) < 4.78 is 0. The minimum atomic E-state index is -0.546. The van der Waals surface area contributed by atoms with Crippen LogP contribution in [-0.2, 0) is 0 Å². The van der Waals surface area contributed by atoms with Crippen LogP contribution in [0.4, 0.5) is 0 Å². The van der Waals surface area contributed by atoms with E-state index in [1.54, 1.807) is 0 Å². The van der Waals surface area contributed by atoms with Crippen molar-refractivity contribution in [3.8, 4) is 0 Å². The van der Waals surface area contributed by atoms with Crippen molar-refractivity contribution in [3.05, 3.63) is 11.6 Å². The molecule has 0 aliphatic heterocycles. The molecule has 0 heterocycles. The van der Waals surface area contributed by atoms with Gasteiger partial charge in [0.05, 0.1) is 17.8 Å². The van der Waals surface area contributed by atoms with Crippen molar-refractivity contribution in [3.63, 3.8) is 0 Å². The van der Waals surface area contributed by atoms with Gasteiger partial charge in [-0.1, -0.05) is 45.3 Å². The Balaban J connectivity index is 1.50. The first kappa shape index (κ1) is 22.8. The molecular formula is C27H46O3. The van der Waals surface area contributed by atoms with Gasteiger partial charge in [-0.15, -0.1) is 0 Å². The van der Waals surface area contributed by atoms with E-state index in [4.69, 9.17) is 0 Å². The summed E-state index contributed by atoms with van der Waals surface area (Å²) in [5.41, 5.74) is 1.10. The smallest absolute Gasteiger partial charge is 0.0658 e. The molecule has 0 aromatic heterocycles. The number of rotatable bonds is 5. The maximum atomic E-state index is 11.1. The van der Waals surface area contributed by atoms with Gasteiger partial charge in [-0.25, -0.2) is 0 Å². The third-order valence-electron chi connectivity index (χ3n) is 10.4. The molecule has 0 aromatic rings. The molecule has 4 aliphatic rings. The molecule has 4 aliphatic carbocycles. The van der Waals surface area contributed by atoms with E-state index in [2.05, 4.69) is 26.8 Å². The highest BCUT2D eigenvalue weighted by Gasteiger charge is 2.60. The maximum absolute atomic E-state index is 11.1. The zero-order valence-corrected chi connectivity index (χ0v) is 20.0. The van der Waals surface area contributed by atoms with Crippen molar-refractivity contribution in [1.29, 1.82) is 0 Å². The van der Waals surface area contributed by atoms with Crippen LogP contribution in [0.15, 0.2) is 11.6 Å². The Hall–Kier alpha value is -0.380. The monoisotopic (exact) mass is 418 g/mol. The van der Waals surface area contributed by atoms with E-state index in [9.17, 15) is 15.3 Å². The summed E-state index contributed by atoms with van der Waals surface area (Å²) in [5, 5.41) is 31.4. The number of aliphatic hydroxyl groups is 3. The molecule has 0 spiro atoms. The topological polar surface area (TPSA) is 60.7 Å². The van der Waals surface area contributed by atoms with E-state index in [1.165, 1.54) is 37.7 Å². The second-order valence-electron chi connectivity index (χ2n) is 12.6. The summed E-state index contributed by atoms with van der Waals surface area (Å²) in [6, 6.07) is 0. The van der Waals surface area contributed by atoms with E-state index < -0.39 is 11.7 Å². The van der Waals surface area contributed by atoms with Gasteiger partial charge in [0.25, 0.3) is 0 Å². The van der Waals surface area contributed by atoms with Crippen LogP contribution in [0, 0.1) is 40.4 Å². The van der Waals surface area contributed by atoms with Crippen LogP contribution in [0.25, 0.3) is 0 Å². The molecule has 0 aromatic carbocycles. The molecule has 30 heavy (non-hydrogen) atoms. The van der Waals surface area contributed by atoms with Crippen molar-refractivity contribution >= 4 is 0 Å². The van der Waals surface area contributed by atoms with E-state index in [-0.39, 0.29) is 11.5 Å². The molecule has 4 rings (SSSR count). The predicted octanol–water partition coefficient (Wildman–Crippen LogP) is 5.47. The van der Waals surface area contributed by atoms with Crippen LogP contribution in [0.3, 0.4) is 0 Å². The summed E-state index contributed by atoms with van der Waals surface area (Å²) in [6.07, 6.45) is 12.5. The molecule has 9 atom stereocenters. The van der Waals surface area contributed by atoms with E-state index >= 15 is 0 Å². The SMILES string of the molecule is CC(CCCC(C)(C)O)[C@H]1CC[C@H]2[C@@H]3CC=C4C[C@@H](O)C[C@H](O)[C@]4(C)[C@H]3CC[C@]12C. The molecular weight excluding hydrogens is 372 g/mol. The maximum Gasteiger partial charge on any atom is 0.0658 e. The molecule has 0 radical (unpaired) electrons. The van der Waals surface area contributed by atoms with Gasteiger partial charge >= 0.3 is 0 Å². The summed E-state index contributed by atoms with van der Waals surface area (Å²) in [6.45, 7) is 11.2. The first-order valence-electron chi connectivity index (χ1n) is 12.7. The third-order valence-corrected chi connectivity index (χ3v) is 10.4. The van der Waals surface area contributed by atoms with Crippen LogP contribution in [-0.4, -0.2) is 33.1 Å². The normalized spacial score (nSPS) is 47.1. The summed E-state index contributed by atoms with van der Waals surface area (Å²) >= 11 is 0. The minimum Gasteiger partial charge on any atom is -0.393 e. The average Bonchev–Trinajstić information content (AvgIpc) is 2.99. The molecule has 3 heteroatoms. The summed E-state index contributed by atoms with van der Waals surface area (Å²) in [7, 11) is 0. The standard InChI is InChI=1S/C27H46O3/c1-17(7-6-13-25(2,3)30)21-10-11-22-20-9-8-18-15-19(28)16-24(29)27(18,5)23(20)12-14-26(21,22)4/h8,17,19-24,28-30H,6-7,9-16H2,1-5H3/t17?,19-,20+,21-,22+,23+,24+,26-,27+/m1/s1. The molecule has 0 bridgehead atoms. The van der Waals surface area contributed by atoms with E-state index in [0.29, 0.717) is 23.7 Å². The zero-order valence-electron chi connectivity index (χ0n) is 20.0. The Morgan fingerprint density at radius 2 is 1.87 bits per heavy atom. The van der Waals surface area contributed by atoms with Gasteiger partial charge in [-0.05, 0) is 93.8 Å². The van der Waals surface area contributed by atoms with Crippen LogP contribution in [0.5, 0.6) is 0 Å². The number of allylic oxidation sites excluding steroid dienone is 1. The van der Waals surface area contributed by atoms with Crippen molar-refractivity contribution in [1.82, 2.24) is 0 Å². The quantitative estimate of drug-likeness (QED) is 0.519.